The van der Waals surface area contributed by atoms with E-state index < -0.39 is 60.5 Å². The number of aromatic nitrogens is 4. The number of aliphatic hydroxyl groups is 2. The van der Waals surface area contributed by atoms with Crippen molar-refractivity contribution in [3.05, 3.63) is 58.7 Å². The Morgan fingerprint density at radius 1 is 1.17 bits per heavy atom. The van der Waals surface area contributed by atoms with Crippen molar-refractivity contribution in [1.82, 2.24) is 20.0 Å². The number of hydrogen-bond acceptors (Lipinski definition) is 8. The topological polar surface area (TPSA) is 103 Å². The molecule has 3 heterocycles. The minimum absolute atomic E-state index is 0.00771. The highest BCUT2D eigenvalue weighted by Gasteiger charge is 2.48. The van der Waals surface area contributed by atoms with Gasteiger partial charge in [0, 0.05) is 27.3 Å². The van der Waals surface area contributed by atoms with Gasteiger partial charge in [0.25, 0.3) is 0 Å². The quantitative estimate of drug-likeness (QED) is 0.310. The predicted molar refractivity (Wildman–Crippen MR) is 120 cm³/mol. The lowest BCUT2D eigenvalue weighted by Gasteiger charge is -2.43. The van der Waals surface area contributed by atoms with E-state index in [1.807, 2.05) is 0 Å². The number of rotatable bonds is 8. The minimum atomic E-state index is -1.62. The van der Waals surface area contributed by atoms with Gasteiger partial charge in [-0.2, -0.15) is 0 Å². The summed E-state index contributed by atoms with van der Waals surface area (Å²) in [6, 6.07) is 2.27. The normalized spacial score (nSPS) is 24.6. The van der Waals surface area contributed by atoms with E-state index in [1.54, 1.807) is 18.5 Å². The molecule has 35 heavy (non-hydrogen) atoms. The zero-order valence-corrected chi connectivity index (χ0v) is 20.2. The summed E-state index contributed by atoms with van der Waals surface area (Å²) >= 11 is 4.51. The van der Waals surface area contributed by atoms with E-state index in [9.17, 15) is 27.8 Å². The molecule has 5 atom stereocenters. The lowest BCUT2D eigenvalue weighted by molar-refractivity contribution is -0.193. The number of benzene rings is 1. The molecule has 14 heteroatoms. The van der Waals surface area contributed by atoms with Crippen molar-refractivity contribution < 1.29 is 37.2 Å². The van der Waals surface area contributed by atoms with Crippen LogP contribution in [0.25, 0.3) is 11.3 Å². The first-order valence-corrected chi connectivity index (χ1v) is 12.0. The fourth-order valence-corrected chi connectivity index (χ4v) is 5.34. The van der Waals surface area contributed by atoms with Crippen LogP contribution in [0, 0.1) is 17.5 Å². The van der Waals surface area contributed by atoms with Gasteiger partial charge in [-0.3, -0.25) is 4.98 Å². The predicted octanol–water partition coefficient (Wildman–Crippen LogP) is 3.29. The lowest BCUT2D eigenvalue weighted by atomic mass is 9.97. The molecule has 2 N–H and O–H groups in total. The highest BCUT2D eigenvalue weighted by atomic mass is 79.9. The summed E-state index contributed by atoms with van der Waals surface area (Å²) in [5.74, 6) is -4.41. The van der Waals surface area contributed by atoms with Gasteiger partial charge in [-0.1, -0.05) is 17.0 Å². The lowest BCUT2D eigenvalue weighted by Crippen LogP contribution is -2.56. The summed E-state index contributed by atoms with van der Waals surface area (Å²) in [6.07, 6.45) is 1.04. The number of thioether (sulfide) groups is 1. The number of nitrogens with zero attached hydrogens (tertiary/aromatic N) is 4. The van der Waals surface area contributed by atoms with Crippen molar-refractivity contribution in [2.45, 2.75) is 34.7 Å². The molecule has 0 spiro atoms. The molecule has 0 aliphatic carbocycles. The summed E-state index contributed by atoms with van der Waals surface area (Å²) in [4.78, 5) is 4.76. The molecule has 3 aromatic rings. The number of alkyl halides is 1. The molecule has 1 fully saturated rings. The van der Waals surface area contributed by atoms with Crippen LogP contribution in [0.1, 0.15) is 6.04 Å². The van der Waals surface area contributed by atoms with Crippen LogP contribution in [-0.4, -0.2) is 73.8 Å². The monoisotopic (exact) mass is 578 g/mol. The number of ether oxygens (including phenoxy) is 2. The maximum absolute atomic E-state index is 13.7. The molecule has 0 amide bonds. The molecule has 0 saturated carbocycles. The first-order valence-electron chi connectivity index (χ1n) is 10.3. The Labute approximate surface area is 209 Å². The van der Waals surface area contributed by atoms with Crippen LogP contribution in [0.5, 0.6) is 0 Å². The fraction of sp³-hybridized carbons (Fsp3) is 0.381. The molecule has 1 aliphatic heterocycles. The van der Waals surface area contributed by atoms with Gasteiger partial charge < -0.3 is 19.7 Å². The van der Waals surface area contributed by atoms with E-state index in [2.05, 4.69) is 31.2 Å². The van der Waals surface area contributed by atoms with Gasteiger partial charge >= 0.3 is 0 Å². The van der Waals surface area contributed by atoms with Crippen LogP contribution in [0.4, 0.5) is 17.6 Å². The summed E-state index contributed by atoms with van der Waals surface area (Å²) in [5.41, 5.74) is -0.927. The van der Waals surface area contributed by atoms with Crippen LogP contribution in [0.3, 0.4) is 0 Å². The van der Waals surface area contributed by atoms with Crippen LogP contribution in [0.15, 0.2) is 46.2 Å². The first-order chi connectivity index (χ1) is 16.8. The van der Waals surface area contributed by atoms with Gasteiger partial charge in [0.05, 0.1) is 19.4 Å². The highest BCUT2D eigenvalue weighted by Crippen LogP contribution is 2.40. The summed E-state index contributed by atoms with van der Waals surface area (Å²) in [6.45, 7) is -1.67. The molecule has 4 rings (SSSR count). The van der Waals surface area contributed by atoms with Crippen molar-refractivity contribution in [2.75, 3.05) is 19.9 Å². The highest BCUT2D eigenvalue weighted by molar-refractivity contribution is 9.10. The van der Waals surface area contributed by atoms with Gasteiger partial charge in [0.15, 0.2) is 17.5 Å². The van der Waals surface area contributed by atoms with Crippen LogP contribution in [-0.2, 0) is 9.47 Å². The Hall–Kier alpha value is -2.10. The molecular formula is C21H19BrF4N4O4S. The van der Waals surface area contributed by atoms with E-state index in [1.165, 1.54) is 22.6 Å². The fourth-order valence-electron chi connectivity index (χ4n) is 3.67. The second-order valence-corrected chi connectivity index (χ2v) is 9.61. The number of halogens is 5. The van der Waals surface area contributed by atoms with Gasteiger partial charge in [-0.15, -0.1) is 5.10 Å². The Morgan fingerprint density at radius 2 is 1.91 bits per heavy atom. The van der Waals surface area contributed by atoms with E-state index in [4.69, 9.17) is 9.47 Å². The zero-order valence-electron chi connectivity index (χ0n) is 17.8. The number of pyridine rings is 1. The SMILES string of the molecule is OCC1O[C@H](Sc2cncc(Br)c2)C(OCCF)[C@@H](n2cc(-c3cc(F)c(F)c(F)c3)nn2)[C@H]1O. The number of aliphatic hydroxyl groups excluding tert-OH is 2. The van der Waals surface area contributed by atoms with Crippen molar-refractivity contribution in [2.24, 2.45) is 0 Å². The van der Waals surface area contributed by atoms with Crippen molar-refractivity contribution in [1.29, 1.82) is 0 Å². The first kappa shape index (κ1) is 26.0. The third-order valence-electron chi connectivity index (χ3n) is 5.24. The Kier molecular flexibility index (Phi) is 8.39. The molecule has 1 aromatic carbocycles. The maximum Gasteiger partial charge on any atom is 0.194 e. The summed E-state index contributed by atoms with van der Waals surface area (Å²) < 4.78 is 67.3. The third kappa shape index (κ3) is 5.67. The average molecular weight is 579 g/mol. The third-order valence-corrected chi connectivity index (χ3v) is 6.78. The van der Waals surface area contributed by atoms with Gasteiger partial charge in [-0.25, -0.2) is 22.2 Å². The Balaban J connectivity index is 1.70. The standard InChI is InChI=1S/C21H19BrF4N4O4S/c22-11-5-12(7-27-6-11)35-21-20(33-2-1-23)18(19(32)16(9-31)34-21)30-8-15(28-29-30)10-3-13(24)17(26)14(25)4-10/h3-8,16,18-21,31-32H,1-2,9H2/t16?,18-,19-,20?,21+/m0/s1. The van der Waals surface area contributed by atoms with Gasteiger partial charge in [-0.05, 0) is 34.1 Å². The van der Waals surface area contributed by atoms with E-state index >= 15 is 0 Å². The number of hydrogen-bond donors (Lipinski definition) is 2. The van der Waals surface area contributed by atoms with E-state index in [0.717, 1.165) is 12.1 Å². The minimum Gasteiger partial charge on any atom is -0.394 e. The smallest absolute Gasteiger partial charge is 0.194 e. The van der Waals surface area contributed by atoms with Gasteiger partial charge in [0.1, 0.15) is 42.2 Å². The van der Waals surface area contributed by atoms with Crippen LogP contribution < -0.4 is 0 Å². The van der Waals surface area contributed by atoms with Crippen molar-refractivity contribution >= 4 is 27.7 Å². The molecule has 2 aromatic heterocycles. The summed E-state index contributed by atoms with van der Waals surface area (Å²) in [5, 5.41) is 28.6. The summed E-state index contributed by atoms with van der Waals surface area (Å²) in [7, 11) is 0. The van der Waals surface area contributed by atoms with E-state index in [-0.39, 0.29) is 17.9 Å². The molecule has 0 radical (unpaired) electrons. The van der Waals surface area contributed by atoms with Crippen molar-refractivity contribution in [3.63, 3.8) is 0 Å². The average Bonchev–Trinajstić information content (AvgIpc) is 3.32. The molecule has 8 nitrogen and oxygen atoms in total. The maximum atomic E-state index is 13.7. The Morgan fingerprint density at radius 3 is 2.57 bits per heavy atom. The second kappa shape index (κ2) is 11.3. The molecule has 2 unspecified atom stereocenters. The zero-order chi connectivity index (χ0) is 25.1. The Bertz CT molecular complexity index is 1150. The van der Waals surface area contributed by atoms with Crippen LogP contribution in [0.2, 0.25) is 0 Å². The molecule has 188 valence electrons. The molecule has 1 saturated heterocycles. The van der Waals surface area contributed by atoms with E-state index in [0.29, 0.717) is 9.37 Å². The van der Waals surface area contributed by atoms with Crippen LogP contribution >= 0.6 is 27.7 Å². The molecular weight excluding hydrogens is 560 g/mol. The van der Waals surface area contributed by atoms with Gasteiger partial charge in [0.2, 0.25) is 0 Å². The largest absolute Gasteiger partial charge is 0.394 e. The second-order valence-electron chi connectivity index (χ2n) is 7.53. The molecule has 1 aliphatic rings. The molecule has 0 bridgehead atoms. The van der Waals surface area contributed by atoms with Crippen molar-refractivity contribution in [3.8, 4) is 11.3 Å².